The lowest BCUT2D eigenvalue weighted by atomic mass is 10.7. The predicted molar refractivity (Wildman–Crippen MR) is 78.1 cm³/mol. The highest BCUT2D eigenvalue weighted by molar-refractivity contribution is 5.44. The van der Waals surface area contributed by atoms with Crippen LogP contribution in [0.3, 0.4) is 0 Å². The summed E-state index contributed by atoms with van der Waals surface area (Å²) in [5.41, 5.74) is 0. The summed E-state index contributed by atoms with van der Waals surface area (Å²) < 4.78 is 9.98. The zero-order valence-corrected chi connectivity index (χ0v) is 13.1. The van der Waals surface area contributed by atoms with Gasteiger partial charge in [0.1, 0.15) is 26.9 Å². The van der Waals surface area contributed by atoms with E-state index in [4.69, 9.17) is 14.3 Å². The number of aliphatic hydroxyl groups is 2. The Morgan fingerprint density at radius 1 is 0.864 bits per heavy atom. The van der Waals surface area contributed by atoms with Crippen molar-refractivity contribution in [3.63, 3.8) is 0 Å². The summed E-state index contributed by atoms with van der Waals surface area (Å²) in [4.78, 5) is 20.5. The highest BCUT2D eigenvalue weighted by atomic mass is 16.7. The fourth-order valence-corrected chi connectivity index (χ4v) is 1.46. The summed E-state index contributed by atoms with van der Waals surface area (Å²) in [5, 5.41) is 19.9. The Bertz CT molecular complexity index is 419. The maximum Gasteiger partial charge on any atom is 0.258 e. The van der Waals surface area contributed by atoms with E-state index < -0.39 is 0 Å². The van der Waals surface area contributed by atoms with Crippen molar-refractivity contribution in [2.45, 2.75) is 0 Å². The molecule has 11 nitrogen and oxygen atoms in total. The van der Waals surface area contributed by atoms with E-state index in [0.717, 1.165) is 0 Å². The molecule has 0 saturated heterocycles. The smallest absolute Gasteiger partial charge is 0.258 e. The molecule has 1 heterocycles. The lowest BCUT2D eigenvalue weighted by Gasteiger charge is -2.24. The van der Waals surface area contributed by atoms with Crippen molar-refractivity contribution in [3.05, 3.63) is 0 Å². The predicted octanol–water partition coefficient (Wildman–Crippen LogP) is -1.41. The molecule has 0 aliphatic heterocycles. The summed E-state index contributed by atoms with van der Waals surface area (Å²) in [6.45, 7) is -0.467. The summed E-state index contributed by atoms with van der Waals surface area (Å²) in [6.07, 6.45) is 0. The van der Waals surface area contributed by atoms with Gasteiger partial charge in [0.15, 0.2) is 0 Å². The van der Waals surface area contributed by atoms with Crippen molar-refractivity contribution in [3.8, 4) is 0 Å². The Morgan fingerprint density at radius 3 is 1.95 bits per heavy atom. The number of anilines is 3. The molecule has 126 valence electrons. The average molecular weight is 318 g/mol. The number of aromatic nitrogens is 3. The zero-order valence-electron chi connectivity index (χ0n) is 13.1. The third-order valence-corrected chi connectivity index (χ3v) is 2.58. The van der Waals surface area contributed by atoms with Crippen LogP contribution < -0.4 is 14.9 Å². The molecule has 1 aromatic rings. The van der Waals surface area contributed by atoms with Crippen LogP contribution in [-0.4, -0.2) is 80.5 Å². The Labute approximate surface area is 128 Å². The van der Waals surface area contributed by atoms with Crippen LogP contribution >= 0.6 is 0 Å². The van der Waals surface area contributed by atoms with Crippen molar-refractivity contribution in [2.24, 2.45) is 0 Å². The first kappa shape index (κ1) is 18.3. The van der Waals surface area contributed by atoms with Gasteiger partial charge in [0.2, 0.25) is 11.9 Å². The van der Waals surface area contributed by atoms with E-state index in [2.05, 4.69) is 15.0 Å². The summed E-state index contributed by atoms with van der Waals surface area (Å²) in [5.74, 6) is 0.539. The van der Waals surface area contributed by atoms with E-state index in [1.54, 1.807) is 7.05 Å². The van der Waals surface area contributed by atoms with Crippen LogP contribution in [0.4, 0.5) is 17.8 Å². The summed E-state index contributed by atoms with van der Waals surface area (Å²) in [6, 6.07) is 0. The fourth-order valence-electron chi connectivity index (χ4n) is 1.46. The molecule has 0 aliphatic rings. The van der Waals surface area contributed by atoms with Crippen molar-refractivity contribution in [1.82, 2.24) is 15.0 Å². The average Bonchev–Trinajstić information content (AvgIpc) is 2.56. The molecule has 0 unspecified atom stereocenters. The minimum atomic E-state index is -0.350. The van der Waals surface area contributed by atoms with Crippen LogP contribution in [0.2, 0.25) is 0 Å². The minimum absolute atomic E-state index is 0.0828. The highest BCUT2D eigenvalue weighted by Crippen LogP contribution is 2.18. The lowest BCUT2D eigenvalue weighted by Crippen LogP contribution is -2.33. The summed E-state index contributed by atoms with van der Waals surface area (Å²) in [7, 11) is 6.03. The third-order valence-electron chi connectivity index (χ3n) is 2.58. The SMILES string of the molecule is COCN(CO)c1nc(N(C)CO)nc(N(COC)OC)n1. The van der Waals surface area contributed by atoms with Gasteiger partial charge >= 0.3 is 0 Å². The molecule has 0 atom stereocenters. The quantitative estimate of drug-likeness (QED) is 0.391. The van der Waals surface area contributed by atoms with E-state index in [9.17, 15) is 10.2 Å². The molecule has 1 rings (SSSR count). The van der Waals surface area contributed by atoms with Gasteiger partial charge in [0.25, 0.3) is 5.95 Å². The maximum absolute atomic E-state index is 9.40. The molecule has 0 saturated carbocycles. The van der Waals surface area contributed by atoms with Gasteiger partial charge in [-0.25, -0.2) is 0 Å². The lowest BCUT2D eigenvalue weighted by molar-refractivity contribution is 0.0706. The number of methoxy groups -OCH3 is 2. The Kier molecular flexibility index (Phi) is 7.70. The van der Waals surface area contributed by atoms with Crippen LogP contribution in [-0.2, 0) is 14.3 Å². The van der Waals surface area contributed by atoms with Gasteiger partial charge in [0.05, 0.1) is 7.11 Å². The molecule has 0 aromatic carbocycles. The van der Waals surface area contributed by atoms with E-state index in [0.29, 0.717) is 0 Å². The van der Waals surface area contributed by atoms with Crippen LogP contribution in [0.15, 0.2) is 0 Å². The van der Waals surface area contributed by atoms with Gasteiger partial charge in [-0.2, -0.15) is 20.0 Å². The van der Waals surface area contributed by atoms with Gasteiger partial charge in [-0.1, -0.05) is 0 Å². The maximum atomic E-state index is 9.40. The summed E-state index contributed by atoms with van der Waals surface area (Å²) >= 11 is 0. The molecule has 0 fully saturated rings. The molecule has 11 heteroatoms. The van der Waals surface area contributed by atoms with Gasteiger partial charge < -0.3 is 24.6 Å². The first-order valence-electron chi connectivity index (χ1n) is 6.34. The second kappa shape index (κ2) is 9.27. The molecule has 0 aliphatic carbocycles. The van der Waals surface area contributed by atoms with Crippen LogP contribution in [0.1, 0.15) is 0 Å². The topological polar surface area (TPSA) is 117 Å². The van der Waals surface area contributed by atoms with Gasteiger partial charge in [-0.05, 0) is 0 Å². The Balaban J connectivity index is 3.25. The first-order valence-corrected chi connectivity index (χ1v) is 6.34. The molecule has 0 bridgehead atoms. The number of aliphatic hydroxyl groups excluding tert-OH is 2. The number of ether oxygens (including phenoxy) is 2. The molecule has 22 heavy (non-hydrogen) atoms. The Morgan fingerprint density at radius 2 is 1.45 bits per heavy atom. The van der Waals surface area contributed by atoms with E-state index in [-0.39, 0.29) is 44.8 Å². The monoisotopic (exact) mass is 318 g/mol. The standard InChI is InChI=1S/C11H22N6O5/c1-15(5-18)9-12-10(16(6-19)7-20-2)14-11(13-9)17(22-4)8-21-3/h18-19H,5-8H2,1-4H3. The number of hydrogen-bond donors (Lipinski definition) is 2. The van der Waals surface area contributed by atoms with E-state index in [1.807, 2.05) is 0 Å². The van der Waals surface area contributed by atoms with Gasteiger partial charge in [-0.3, -0.25) is 9.74 Å². The van der Waals surface area contributed by atoms with Crippen molar-refractivity contribution < 1.29 is 24.5 Å². The van der Waals surface area contributed by atoms with Gasteiger partial charge in [0, 0.05) is 21.3 Å². The molecule has 0 radical (unpaired) electrons. The molecular formula is C11H22N6O5. The highest BCUT2D eigenvalue weighted by Gasteiger charge is 2.18. The first-order chi connectivity index (χ1) is 10.6. The molecule has 0 spiro atoms. The Hall–Kier alpha value is -1.79. The number of rotatable bonds is 10. The fraction of sp³-hybridized carbons (Fsp3) is 0.727. The zero-order chi connectivity index (χ0) is 16.5. The molecule has 1 aromatic heterocycles. The van der Waals surface area contributed by atoms with Gasteiger partial charge in [-0.15, -0.1) is 0 Å². The van der Waals surface area contributed by atoms with Crippen molar-refractivity contribution >= 4 is 17.8 Å². The number of hydrogen-bond acceptors (Lipinski definition) is 11. The van der Waals surface area contributed by atoms with Crippen molar-refractivity contribution in [2.75, 3.05) is 70.2 Å². The van der Waals surface area contributed by atoms with E-state index >= 15 is 0 Å². The minimum Gasteiger partial charge on any atom is -0.376 e. The molecule has 0 amide bonds. The molecule has 2 N–H and O–H groups in total. The van der Waals surface area contributed by atoms with Crippen molar-refractivity contribution in [1.29, 1.82) is 0 Å². The van der Waals surface area contributed by atoms with E-state index in [1.165, 1.54) is 36.2 Å². The number of hydroxylamine groups is 1. The second-order valence-electron chi connectivity index (χ2n) is 4.15. The van der Waals surface area contributed by atoms with Crippen LogP contribution in [0.25, 0.3) is 0 Å². The number of nitrogens with zero attached hydrogens (tertiary/aromatic N) is 6. The second-order valence-corrected chi connectivity index (χ2v) is 4.15. The largest absolute Gasteiger partial charge is 0.376 e. The van der Waals surface area contributed by atoms with Crippen LogP contribution in [0.5, 0.6) is 0 Å². The third kappa shape index (κ3) is 4.61. The van der Waals surface area contributed by atoms with Crippen LogP contribution in [0, 0.1) is 0 Å². The molecular weight excluding hydrogens is 296 g/mol. The normalized spacial score (nSPS) is 10.6.